The molecule has 0 spiro atoms. The Labute approximate surface area is 194 Å². The fourth-order valence-corrected chi connectivity index (χ4v) is 5.73. The Hall–Kier alpha value is -2.51. The van der Waals surface area contributed by atoms with Crippen LogP contribution in [0.15, 0.2) is 28.8 Å². The van der Waals surface area contributed by atoms with E-state index < -0.39 is 44.4 Å². The van der Waals surface area contributed by atoms with Crippen LogP contribution in [0.4, 0.5) is 19.1 Å². The van der Waals surface area contributed by atoms with Crippen LogP contribution in [0.5, 0.6) is 0 Å². The Morgan fingerprint density at radius 2 is 2.00 bits per heavy atom. The number of hydrogen-bond donors (Lipinski definition) is 2. The molecular formula is C21H26F3N5O4S. The monoisotopic (exact) mass is 501 g/mol. The van der Waals surface area contributed by atoms with Gasteiger partial charge in [-0.15, -0.1) is 0 Å². The van der Waals surface area contributed by atoms with Gasteiger partial charge in [0.1, 0.15) is 5.65 Å². The molecule has 2 fully saturated rings. The smallest absolute Gasteiger partial charge is 0.269 e. The van der Waals surface area contributed by atoms with Crippen LogP contribution in [-0.2, 0) is 10.0 Å². The number of pyridine rings is 1. The van der Waals surface area contributed by atoms with Gasteiger partial charge >= 0.3 is 0 Å². The molecule has 3 heterocycles. The summed E-state index contributed by atoms with van der Waals surface area (Å²) in [6, 6.07) is 0.123. The minimum atomic E-state index is -4.18. The van der Waals surface area contributed by atoms with Gasteiger partial charge in [-0.2, -0.15) is 13.7 Å². The molecule has 2 aromatic rings. The number of alkyl halides is 2. The lowest BCUT2D eigenvalue weighted by molar-refractivity contribution is 0.0261. The second-order valence-corrected chi connectivity index (χ2v) is 10.9. The molecule has 13 heteroatoms. The Balaban J connectivity index is 1.65. The van der Waals surface area contributed by atoms with Crippen molar-refractivity contribution in [2.75, 3.05) is 18.4 Å². The molecule has 4 rings (SSSR count). The number of aliphatic hydroxyl groups is 1. The van der Waals surface area contributed by atoms with E-state index in [0.717, 1.165) is 14.9 Å². The van der Waals surface area contributed by atoms with Gasteiger partial charge in [-0.1, -0.05) is 0 Å². The summed E-state index contributed by atoms with van der Waals surface area (Å²) in [4.78, 5) is 21.6. The van der Waals surface area contributed by atoms with Crippen LogP contribution < -0.4 is 10.9 Å². The largest absolute Gasteiger partial charge is 0.388 e. The first-order valence-corrected chi connectivity index (χ1v) is 12.4. The third kappa shape index (κ3) is 4.43. The minimum Gasteiger partial charge on any atom is -0.388 e. The molecule has 1 saturated heterocycles. The van der Waals surface area contributed by atoms with Crippen LogP contribution in [0.25, 0.3) is 11.0 Å². The molecule has 186 valence electrons. The molecule has 2 aliphatic rings. The summed E-state index contributed by atoms with van der Waals surface area (Å²) < 4.78 is 66.4. The average molecular weight is 502 g/mol. The number of hydrogen-bond acceptors (Lipinski definition) is 7. The number of nitrogens with one attached hydrogen (secondary N) is 1. The van der Waals surface area contributed by atoms with Gasteiger partial charge in [-0.25, -0.2) is 22.2 Å². The number of aromatic nitrogens is 3. The molecule has 1 aliphatic heterocycles. The number of fused-ring (bicyclic) bond motifs is 1. The number of halogens is 3. The minimum absolute atomic E-state index is 0.0733. The lowest BCUT2D eigenvalue weighted by Crippen LogP contribution is -2.42. The normalized spacial score (nSPS) is 24.7. The number of sulfonamides is 1. The van der Waals surface area contributed by atoms with Gasteiger partial charge in [0.25, 0.3) is 22.0 Å². The fourth-order valence-electron chi connectivity index (χ4n) is 4.76. The van der Waals surface area contributed by atoms with E-state index >= 15 is 0 Å². The zero-order chi connectivity index (χ0) is 24.8. The second-order valence-electron chi connectivity index (χ2n) is 8.99. The van der Waals surface area contributed by atoms with Crippen molar-refractivity contribution >= 4 is 27.0 Å². The van der Waals surface area contributed by atoms with Crippen LogP contribution in [0.3, 0.4) is 0 Å². The van der Waals surface area contributed by atoms with Crippen LogP contribution in [0.1, 0.15) is 57.1 Å². The molecule has 2 aromatic heterocycles. The van der Waals surface area contributed by atoms with Gasteiger partial charge in [0, 0.05) is 30.7 Å². The first kappa shape index (κ1) is 24.6. The Morgan fingerprint density at radius 1 is 1.32 bits per heavy atom. The van der Waals surface area contributed by atoms with Crippen molar-refractivity contribution in [3.05, 3.63) is 39.9 Å². The molecular weight excluding hydrogens is 475 g/mol. The first-order valence-electron chi connectivity index (χ1n) is 11.0. The summed E-state index contributed by atoms with van der Waals surface area (Å²) in [6.45, 7) is 4.59. The number of piperidine rings is 1. The quantitative estimate of drug-likeness (QED) is 0.625. The lowest BCUT2D eigenvalue weighted by atomic mass is 9.99. The van der Waals surface area contributed by atoms with E-state index in [9.17, 15) is 31.5 Å². The Morgan fingerprint density at radius 3 is 2.56 bits per heavy atom. The van der Waals surface area contributed by atoms with Gasteiger partial charge in [-0.05, 0) is 51.7 Å². The maximum atomic E-state index is 13.6. The van der Waals surface area contributed by atoms with Crippen LogP contribution in [-0.4, -0.2) is 57.1 Å². The van der Waals surface area contributed by atoms with E-state index in [-0.39, 0.29) is 36.1 Å². The fraction of sp³-hybridized carbons (Fsp3) is 0.571. The van der Waals surface area contributed by atoms with Crippen LogP contribution in [0.2, 0.25) is 0 Å². The molecule has 0 amide bonds. The highest BCUT2D eigenvalue weighted by Crippen LogP contribution is 2.40. The number of nitrogens with zero attached hydrogens (tertiary/aromatic N) is 4. The molecule has 0 bridgehead atoms. The van der Waals surface area contributed by atoms with Crippen molar-refractivity contribution in [3.63, 3.8) is 0 Å². The third-order valence-electron chi connectivity index (χ3n) is 6.63. The number of anilines is 1. The summed E-state index contributed by atoms with van der Waals surface area (Å²) >= 11 is 0. The van der Waals surface area contributed by atoms with Gasteiger partial charge in [0.2, 0.25) is 11.1 Å². The first-order chi connectivity index (χ1) is 15.9. The SMILES string of the molecule is C=C(F)S(=O)(=O)N1CCC(Nc2ncc3cc(C(F)F)c(=O)n([C@@H]4CCC[C@@]4(C)O)c3n2)CC1. The number of rotatable bonds is 6. The lowest BCUT2D eigenvalue weighted by Gasteiger charge is -2.31. The standard InChI is InChI=1S/C21H26F3N5O4S/c1-12(22)34(32,33)28-8-5-14(6-9-28)26-20-25-11-13-10-15(17(23)24)19(30)29(18(13)27-20)16-4-3-7-21(16,2)31/h10-11,14,16-17,31H,1,3-9H2,2H3,(H,25,26,27)/t16-,21-/m1/s1. The van der Waals surface area contributed by atoms with Crippen LogP contribution in [0, 0.1) is 0 Å². The molecule has 2 atom stereocenters. The summed E-state index contributed by atoms with van der Waals surface area (Å²) in [5.74, 6) is 0.138. The predicted octanol–water partition coefficient (Wildman–Crippen LogP) is 2.85. The molecule has 0 radical (unpaired) electrons. The van der Waals surface area contributed by atoms with E-state index in [0.29, 0.717) is 32.1 Å². The van der Waals surface area contributed by atoms with Gasteiger partial charge in [0.15, 0.2) is 0 Å². The van der Waals surface area contributed by atoms with Gasteiger partial charge < -0.3 is 10.4 Å². The summed E-state index contributed by atoms with van der Waals surface area (Å²) in [5, 5.41) is 12.7. The third-order valence-corrected chi connectivity index (χ3v) is 8.24. The predicted molar refractivity (Wildman–Crippen MR) is 120 cm³/mol. The van der Waals surface area contributed by atoms with E-state index in [4.69, 9.17) is 0 Å². The van der Waals surface area contributed by atoms with Crippen molar-refractivity contribution in [3.8, 4) is 0 Å². The zero-order valence-electron chi connectivity index (χ0n) is 18.5. The highest BCUT2D eigenvalue weighted by molar-refractivity contribution is 7.92. The van der Waals surface area contributed by atoms with E-state index in [1.807, 2.05) is 0 Å². The van der Waals surface area contributed by atoms with Crippen molar-refractivity contribution in [1.29, 1.82) is 0 Å². The topological polar surface area (TPSA) is 117 Å². The maximum absolute atomic E-state index is 13.6. The van der Waals surface area contributed by atoms with Crippen LogP contribution >= 0.6 is 0 Å². The van der Waals surface area contributed by atoms with Crippen molar-refractivity contribution < 1.29 is 26.7 Å². The summed E-state index contributed by atoms with van der Waals surface area (Å²) in [5.41, 5.74) is -2.70. The highest BCUT2D eigenvalue weighted by Gasteiger charge is 2.40. The molecule has 9 nitrogen and oxygen atoms in total. The molecule has 34 heavy (non-hydrogen) atoms. The molecule has 0 unspecified atom stereocenters. The highest BCUT2D eigenvalue weighted by atomic mass is 32.2. The van der Waals surface area contributed by atoms with E-state index in [1.54, 1.807) is 6.92 Å². The summed E-state index contributed by atoms with van der Waals surface area (Å²) in [6.07, 6.45) is 0.539. The van der Waals surface area contributed by atoms with E-state index in [2.05, 4.69) is 21.9 Å². The Bertz CT molecular complexity index is 1270. The average Bonchev–Trinajstić information content (AvgIpc) is 3.12. The molecule has 1 aliphatic carbocycles. The summed E-state index contributed by atoms with van der Waals surface area (Å²) in [7, 11) is -4.18. The second kappa shape index (κ2) is 8.93. The van der Waals surface area contributed by atoms with Crippen molar-refractivity contribution in [2.24, 2.45) is 0 Å². The molecule has 2 N–H and O–H groups in total. The Kier molecular flexibility index (Phi) is 6.46. The van der Waals surface area contributed by atoms with Crippen molar-refractivity contribution in [1.82, 2.24) is 18.8 Å². The molecule has 0 aromatic carbocycles. The molecule has 1 saturated carbocycles. The van der Waals surface area contributed by atoms with E-state index in [1.165, 1.54) is 6.20 Å². The van der Waals surface area contributed by atoms with Gasteiger partial charge in [0.05, 0.1) is 17.2 Å². The van der Waals surface area contributed by atoms with Gasteiger partial charge in [-0.3, -0.25) is 9.36 Å². The van der Waals surface area contributed by atoms with Crippen molar-refractivity contribution in [2.45, 2.75) is 63.1 Å². The zero-order valence-corrected chi connectivity index (χ0v) is 19.4. The maximum Gasteiger partial charge on any atom is 0.269 e.